The maximum absolute atomic E-state index is 12.2. The predicted octanol–water partition coefficient (Wildman–Crippen LogP) is 1.29. The Kier molecular flexibility index (Phi) is 3.10. The molecule has 1 aromatic carbocycles. The Morgan fingerprint density at radius 3 is 2.95 bits per heavy atom. The second kappa shape index (κ2) is 4.79. The maximum atomic E-state index is 12.2. The van der Waals surface area contributed by atoms with E-state index in [1.165, 1.54) is 0 Å². The zero-order chi connectivity index (χ0) is 14.3. The van der Waals surface area contributed by atoms with Gasteiger partial charge in [0.2, 0.25) is 0 Å². The van der Waals surface area contributed by atoms with Gasteiger partial charge in [-0.25, -0.2) is 9.59 Å². The number of aromatic carboxylic acids is 1. The van der Waals surface area contributed by atoms with Crippen LogP contribution < -0.4 is 5.69 Å². The van der Waals surface area contributed by atoms with E-state index in [1.807, 2.05) is 7.05 Å². The van der Waals surface area contributed by atoms with Gasteiger partial charge < -0.3 is 15.0 Å². The number of para-hydroxylation sites is 1. The Bertz CT molecular complexity index is 716. The lowest BCUT2D eigenvalue weighted by Gasteiger charge is -2.30. The number of likely N-dealkylation sites (tertiary alicyclic amines) is 1. The Morgan fingerprint density at radius 2 is 2.25 bits per heavy atom. The zero-order valence-electron chi connectivity index (χ0n) is 11.3. The monoisotopic (exact) mass is 275 g/mol. The zero-order valence-corrected chi connectivity index (χ0v) is 11.3. The highest BCUT2D eigenvalue weighted by atomic mass is 16.4. The van der Waals surface area contributed by atoms with E-state index in [0.717, 1.165) is 25.9 Å². The number of hydrogen-bond acceptors (Lipinski definition) is 3. The van der Waals surface area contributed by atoms with Crippen molar-refractivity contribution in [2.45, 2.75) is 18.9 Å². The minimum absolute atomic E-state index is 0.0236. The van der Waals surface area contributed by atoms with Crippen LogP contribution in [0.15, 0.2) is 23.0 Å². The van der Waals surface area contributed by atoms with E-state index in [0.29, 0.717) is 11.0 Å². The summed E-state index contributed by atoms with van der Waals surface area (Å²) in [6.07, 6.45) is 1.90. The molecule has 0 spiro atoms. The molecule has 6 nitrogen and oxygen atoms in total. The molecule has 2 aromatic rings. The van der Waals surface area contributed by atoms with Crippen molar-refractivity contribution in [1.82, 2.24) is 14.5 Å². The lowest BCUT2D eigenvalue weighted by atomic mass is 10.1. The van der Waals surface area contributed by atoms with Crippen LogP contribution in [0.4, 0.5) is 0 Å². The fourth-order valence-corrected chi connectivity index (χ4v) is 3.05. The van der Waals surface area contributed by atoms with Crippen molar-refractivity contribution in [3.63, 3.8) is 0 Å². The number of rotatable bonds is 2. The first kappa shape index (κ1) is 12.9. The van der Waals surface area contributed by atoms with Crippen LogP contribution in [0.5, 0.6) is 0 Å². The highest BCUT2D eigenvalue weighted by Gasteiger charge is 2.24. The van der Waals surface area contributed by atoms with Gasteiger partial charge in [-0.05, 0) is 38.6 Å². The number of aromatic amines is 1. The summed E-state index contributed by atoms with van der Waals surface area (Å²) in [5.41, 5.74) is 1.04. The molecule has 1 unspecified atom stereocenters. The molecule has 2 N–H and O–H groups in total. The molecule has 1 saturated heterocycles. The van der Waals surface area contributed by atoms with Gasteiger partial charge in [0, 0.05) is 6.54 Å². The van der Waals surface area contributed by atoms with Gasteiger partial charge in [0.25, 0.3) is 0 Å². The Labute approximate surface area is 115 Å². The molecule has 1 atom stereocenters. The SMILES string of the molecule is CN1CCCC(n2c(=O)[nH]c3cccc(C(=O)O)c32)C1. The van der Waals surface area contributed by atoms with E-state index in [4.69, 9.17) is 0 Å². The van der Waals surface area contributed by atoms with Crippen molar-refractivity contribution in [2.24, 2.45) is 0 Å². The third kappa shape index (κ3) is 2.02. The molecule has 1 aromatic heterocycles. The van der Waals surface area contributed by atoms with Crippen LogP contribution in [-0.2, 0) is 0 Å². The summed E-state index contributed by atoms with van der Waals surface area (Å²) in [5, 5.41) is 9.33. The first-order valence-electron chi connectivity index (χ1n) is 6.73. The summed E-state index contributed by atoms with van der Waals surface area (Å²) >= 11 is 0. The van der Waals surface area contributed by atoms with Gasteiger partial charge in [0.05, 0.1) is 22.6 Å². The van der Waals surface area contributed by atoms with E-state index in [-0.39, 0.29) is 17.3 Å². The lowest BCUT2D eigenvalue weighted by Crippen LogP contribution is -2.37. The molecule has 0 radical (unpaired) electrons. The fraction of sp³-hybridized carbons (Fsp3) is 0.429. The Hall–Kier alpha value is -2.08. The molecule has 0 aliphatic carbocycles. The standard InChI is InChI=1S/C14H17N3O3/c1-16-7-3-4-9(8-16)17-12-10(13(18)19)5-2-6-11(12)15-14(17)20/h2,5-6,9H,3-4,7-8H2,1H3,(H,15,20)(H,18,19). The molecule has 3 rings (SSSR count). The van der Waals surface area contributed by atoms with Gasteiger partial charge in [-0.3, -0.25) is 4.57 Å². The molecule has 6 heteroatoms. The summed E-state index contributed by atoms with van der Waals surface area (Å²) < 4.78 is 1.62. The molecule has 20 heavy (non-hydrogen) atoms. The first-order valence-corrected chi connectivity index (χ1v) is 6.73. The summed E-state index contributed by atoms with van der Waals surface area (Å²) in [4.78, 5) is 28.5. The van der Waals surface area contributed by atoms with Crippen molar-refractivity contribution in [3.8, 4) is 0 Å². The van der Waals surface area contributed by atoms with Crippen molar-refractivity contribution >= 4 is 17.0 Å². The summed E-state index contributed by atoms with van der Waals surface area (Å²) in [7, 11) is 2.02. The number of hydrogen-bond donors (Lipinski definition) is 2. The minimum Gasteiger partial charge on any atom is -0.478 e. The normalized spacial score (nSPS) is 20.4. The van der Waals surface area contributed by atoms with E-state index in [9.17, 15) is 14.7 Å². The highest BCUT2D eigenvalue weighted by molar-refractivity contribution is 6.01. The van der Waals surface area contributed by atoms with Gasteiger partial charge in [0.1, 0.15) is 0 Å². The van der Waals surface area contributed by atoms with Gasteiger partial charge >= 0.3 is 11.7 Å². The van der Waals surface area contributed by atoms with Crippen LogP contribution in [0.1, 0.15) is 29.2 Å². The topological polar surface area (TPSA) is 78.3 Å². The number of carbonyl (C=O) groups is 1. The molecular weight excluding hydrogens is 258 g/mol. The minimum atomic E-state index is -1.01. The molecule has 1 fully saturated rings. The molecular formula is C14H17N3O3. The van der Waals surface area contributed by atoms with Gasteiger partial charge in [0.15, 0.2) is 0 Å². The first-order chi connectivity index (χ1) is 9.58. The second-order valence-electron chi connectivity index (χ2n) is 5.37. The number of carboxylic acids is 1. The highest BCUT2D eigenvalue weighted by Crippen LogP contribution is 2.25. The number of carboxylic acid groups (broad SMARTS) is 1. The third-order valence-electron chi connectivity index (χ3n) is 3.93. The molecule has 1 aliphatic heterocycles. The van der Waals surface area contributed by atoms with Crippen LogP contribution in [0.25, 0.3) is 11.0 Å². The largest absolute Gasteiger partial charge is 0.478 e. The molecule has 2 heterocycles. The summed E-state index contributed by atoms with van der Waals surface area (Å²) in [6.45, 7) is 1.78. The van der Waals surface area contributed by atoms with E-state index >= 15 is 0 Å². The summed E-state index contributed by atoms with van der Waals surface area (Å²) in [5.74, 6) is -1.01. The number of H-pyrrole nitrogens is 1. The lowest BCUT2D eigenvalue weighted by molar-refractivity contribution is 0.0698. The quantitative estimate of drug-likeness (QED) is 0.865. The molecule has 0 saturated carbocycles. The van der Waals surface area contributed by atoms with Crippen molar-refractivity contribution in [1.29, 1.82) is 0 Å². The van der Waals surface area contributed by atoms with Crippen LogP contribution in [-0.4, -0.2) is 45.7 Å². The van der Waals surface area contributed by atoms with Crippen LogP contribution in [0, 0.1) is 0 Å². The number of aromatic nitrogens is 2. The van der Waals surface area contributed by atoms with Crippen LogP contribution in [0.3, 0.4) is 0 Å². The average Bonchev–Trinajstić information content (AvgIpc) is 2.74. The Morgan fingerprint density at radius 1 is 1.45 bits per heavy atom. The second-order valence-corrected chi connectivity index (χ2v) is 5.37. The van der Waals surface area contributed by atoms with Crippen LogP contribution >= 0.6 is 0 Å². The molecule has 106 valence electrons. The van der Waals surface area contributed by atoms with E-state index < -0.39 is 5.97 Å². The number of benzene rings is 1. The maximum Gasteiger partial charge on any atom is 0.337 e. The number of nitrogens with zero attached hydrogens (tertiary/aromatic N) is 2. The molecule has 1 aliphatic rings. The Balaban J connectivity index is 2.21. The van der Waals surface area contributed by atoms with Crippen molar-refractivity contribution in [3.05, 3.63) is 34.2 Å². The van der Waals surface area contributed by atoms with E-state index in [2.05, 4.69) is 9.88 Å². The van der Waals surface area contributed by atoms with Gasteiger partial charge in [-0.15, -0.1) is 0 Å². The number of piperidine rings is 1. The third-order valence-corrected chi connectivity index (χ3v) is 3.93. The van der Waals surface area contributed by atoms with Crippen LogP contribution in [0.2, 0.25) is 0 Å². The number of nitrogens with one attached hydrogen (secondary N) is 1. The number of fused-ring (bicyclic) bond motifs is 1. The van der Waals surface area contributed by atoms with Crippen molar-refractivity contribution < 1.29 is 9.90 Å². The molecule has 0 bridgehead atoms. The van der Waals surface area contributed by atoms with Gasteiger partial charge in [-0.1, -0.05) is 6.07 Å². The average molecular weight is 275 g/mol. The fourth-order valence-electron chi connectivity index (χ4n) is 3.05. The van der Waals surface area contributed by atoms with Gasteiger partial charge in [-0.2, -0.15) is 0 Å². The number of imidazole rings is 1. The van der Waals surface area contributed by atoms with E-state index in [1.54, 1.807) is 22.8 Å². The predicted molar refractivity (Wildman–Crippen MR) is 75.3 cm³/mol. The number of likely N-dealkylation sites (N-methyl/N-ethyl adjacent to an activating group) is 1. The molecule has 0 amide bonds. The summed E-state index contributed by atoms with van der Waals surface area (Å²) in [6, 6.07) is 4.96. The van der Waals surface area contributed by atoms with Crippen molar-refractivity contribution in [2.75, 3.05) is 20.1 Å². The smallest absolute Gasteiger partial charge is 0.337 e.